The number of phenolic OH excluding ortho intramolecular Hbond substituents is 1. The molecule has 2 N–H and O–H groups in total. The topological polar surface area (TPSA) is 66.4 Å². The van der Waals surface area contributed by atoms with Gasteiger partial charge in [0.15, 0.2) is 5.82 Å². The van der Waals surface area contributed by atoms with Crippen molar-refractivity contribution in [3.63, 3.8) is 0 Å². The number of sulfonamides is 1. The zero-order valence-electron chi connectivity index (χ0n) is 10.1. The first-order valence-corrected chi connectivity index (χ1v) is 7.99. The highest BCUT2D eigenvalue weighted by Gasteiger charge is 2.22. The van der Waals surface area contributed by atoms with Crippen molar-refractivity contribution in [2.45, 2.75) is 4.90 Å². The van der Waals surface area contributed by atoms with Crippen LogP contribution in [0.1, 0.15) is 0 Å². The Morgan fingerprint density at radius 3 is 2.33 bits per heavy atom. The SMILES string of the molecule is O=S(=O)(Nc1ccc(O)c(Cl)c1)c1ccc(Cl)c(F)c1Cl. The Kier molecular flexibility index (Phi) is 4.53. The van der Waals surface area contributed by atoms with Crippen molar-refractivity contribution in [3.8, 4) is 5.75 Å². The van der Waals surface area contributed by atoms with Gasteiger partial charge in [-0.05, 0) is 30.3 Å². The third-order valence-electron chi connectivity index (χ3n) is 2.49. The van der Waals surface area contributed by atoms with Crippen LogP contribution in [0.4, 0.5) is 10.1 Å². The maximum absolute atomic E-state index is 13.6. The highest BCUT2D eigenvalue weighted by Crippen LogP contribution is 2.32. The van der Waals surface area contributed by atoms with Gasteiger partial charge in [-0.2, -0.15) is 0 Å². The molecule has 112 valence electrons. The van der Waals surface area contributed by atoms with Crippen LogP contribution in [0.25, 0.3) is 0 Å². The zero-order chi connectivity index (χ0) is 15.8. The van der Waals surface area contributed by atoms with Crippen LogP contribution < -0.4 is 4.72 Å². The maximum Gasteiger partial charge on any atom is 0.263 e. The van der Waals surface area contributed by atoms with E-state index in [1.807, 2.05) is 0 Å². The fourth-order valence-corrected chi connectivity index (χ4v) is 3.47. The van der Waals surface area contributed by atoms with E-state index in [0.29, 0.717) is 0 Å². The Hall–Kier alpha value is -1.21. The van der Waals surface area contributed by atoms with Crippen LogP contribution in [0.3, 0.4) is 0 Å². The molecule has 2 rings (SSSR count). The second-order valence-electron chi connectivity index (χ2n) is 3.95. The number of halogens is 4. The Morgan fingerprint density at radius 2 is 1.71 bits per heavy atom. The summed E-state index contributed by atoms with van der Waals surface area (Å²) in [4.78, 5) is -0.463. The van der Waals surface area contributed by atoms with Gasteiger partial charge in [-0.1, -0.05) is 34.8 Å². The van der Waals surface area contributed by atoms with Gasteiger partial charge in [0.25, 0.3) is 10.0 Å². The average molecular weight is 371 g/mol. The molecule has 9 heteroatoms. The van der Waals surface area contributed by atoms with E-state index in [1.54, 1.807) is 0 Å². The molecular weight excluding hydrogens is 364 g/mol. The van der Waals surface area contributed by atoms with Crippen molar-refractivity contribution in [1.29, 1.82) is 0 Å². The fraction of sp³-hybridized carbons (Fsp3) is 0. The monoisotopic (exact) mass is 369 g/mol. The standard InChI is InChI=1S/C12H7Cl3FNO3S/c13-7-2-4-10(11(15)12(7)16)21(19,20)17-6-1-3-9(18)8(14)5-6/h1-5,17-18H. The van der Waals surface area contributed by atoms with E-state index < -0.39 is 25.8 Å². The molecule has 0 amide bonds. The second kappa shape index (κ2) is 5.88. The van der Waals surface area contributed by atoms with E-state index in [1.165, 1.54) is 18.2 Å². The van der Waals surface area contributed by atoms with Crippen molar-refractivity contribution in [1.82, 2.24) is 0 Å². The van der Waals surface area contributed by atoms with Crippen molar-refractivity contribution in [2.75, 3.05) is 4.72 Å². The third kappa shape index (κ3) is 3.35. The summed E-state index contributed by atoms with van der Waals surface area (Å²) in [6, 6.07) is 5.87. The van der Waals surface area contributed by atoms with Gasteiger partial charge < -0.3 is 5.11 Å². The lowest BCUT2D eigenvalue weighted by Crippen LogP contribution is -2.14. The summed E-state index contributed by atoms with van der Waals surface area (Å²) in [7, 11) is -4.13. The molecule has 0 aromatic heterocycles. The fourth-order valence-electron chi connectivity index (χ4n) is 1.50. The number of phenols is 1. The highest BCUT2D eigenvalue weighted by molar-refractivity contribution is 7.92. The molecule has 0 radical (unpaired) electrons. The normalized spacial score (nSPS) is 11.4. The molecule has 4 nitrogen and oxygen atoms in total. The molecule has 0 spiro atoms. The minimum absolute atomic E-state index is 0.0383. The number of benzene rings is 2. The van der Waals surface area contributed by atoms with Gasteiger partial charge in [-0.25, -0.2) is 12.8 Å². The lowest BCUT2D eigenvalue weighted by Gasteiger charge is -2.11. The molecule has 0 saturated heterocycles. The van der Waals surface area contributed by atoms with E-state index in [-0.39, 0.29) is 21.5 Å². The summed E-state index contributed by atoms with van der Waals surface area (Å²) < 4.78 is 40.1. The Labute approximate surface area is 135 Å². The lowest BCUT2D eigenvalue weighted by molar-refractivity contribution is 0.475. The molecule has 21 heavy (non-hydrogen) atoms. The minimum Gasteiger partial charge on any atom is -0.506 e. The Balaban J connectivity index is 2.43. The predicted molar refractivity (Wildman–Crippen MR) is 80.3 cm³/mol. The maximum atomic E-state index is 13.6. The van der Waals surface area contributed by atoms with Crippen molar-refractivity contribution in [2.24, 2.45) is 0 Å². The van der Waals surface area contributed by atoms with Crippen LogP contribution >= 0.6 is 34.8 Å². The van der Waals surface area contributed by atoms with E-state index >= 15 is 0 Å². The molecule has 0 heterocycles. The number of hydrogen-bond donors (Lipinski definition) is 2. The Bertz CT molecular complexity index is 812. The first kappa shape index (κ1) is 16.2. The third-order valence-corrected chi connectivity index (χ3v) is 4.99. The quantitative estimate of drug-likeness (QED) is 0.625. The first-order chi connectivity index (χ1) is 9.72. The van der Waals surface area contributed by atoms with Gasteiger partial charge in [0.2, 0.25) is 0 Å². The summed E-state index contributed by atoms with van der Waals surface area (Å²) >= 11 is 16.9. The van der Waals surface area contributed by atoms with E-state index in [0.717, 1.165) is 12.1 Å². The number of rotatable bonds is 3. The lowest BCUT2D eigenvalue weighted by atomic mass is 10.3. The zero-order valence-corrected chi connectivity index (χ0v) is 13.2. The van der Waals surface area contributed by atoms with Crippen molar-refractivity contribution in [3.05, 3.63) is 51.2 Å². The van der Waals surface area contributed by atoms with Crippen LogP contribution in [0, 0.1) is 5.82 Å². The van der Waals surface area contributed by atoms with Crippen molar-refractivity contribution >= 4 is 50.5 Å². The number of aromatic hydroxyl groups is 1. The summed E-state index contributed by atoms with van der Waals surface area (Å²) in [6.45, 7) is 0. The molecule has 0 fully saturated rings. The number of anilines is 1. The van der Waals surface area contributed by atoms with Crippen LogP contribution in [0.2, 0.25) is 15.1 Å². The van der Waals surface area contributed by atoms with E-state index in [2.05, 4.69) is 4.72 Å². The van der Waals surface area contributed by atoms with Crippen LogP contribution in [0.5, 0.6) is 5.75 Å². The second-order valence-corrected chi connectivity index (χ2v) is 6.79. The molecule has 0 aliphatic heterocycles. The molecule has 0 unspecified atom stereocenters. The number of nitrogens with one attached hydrogen (secondary N) is 1. The number of hydrogen-bond acceptors (Lipinski definition) is 3. The predicted octanol–water partition coefficient (Wildman–Crippen LogP) is 4.29. The molecular formula is C12H7Cl3FNO3S. The Morgan fingerprint density at radius 1 is 1.05 bits per heavy atom. The van der Waals surface area contributed by atoms with Crippen LogP contribution in [0.15, 0.2) is 35.2 Å². The first-order valence-electron chi connectivity index (χ1n) is 5.37. The smallest absolute Gasteiger partial charge is 0.263 e. The molecule has 0 aliphatic carbocycles. The van der Waals surface area contributed by atoms with E-state index in [4.69, 9.17) is 34.8 Å². The van der Waals surface area contributed by atoms with Gasteiger partial charge >= 0.3 is 0 Å². The summed E-state index contributed by atoms with van der Waals surface area (Å²) in [5, 5.41) is 8.34. The molecule has 0 aliphatic rings. The summed E-state index contributed by atoms with van der Waals surface area (Å²) in [6.07, 6.45) is 0. The van der Waals surface area contributed by atoms with Crippen LogP contribution in [-0.2, 0) is 10.0 Å². The largest absolute Gasteiger partial charge is 0.506 e. The van der Waals surface area contributed by atoms with Gasteiger partial charge in [0.05, 0.1) is 20.8 Å². The molecule has 0 bridgehead atoms. The summed E-state index contributed by atoms with van der Waals surface area (Å²) in [5.41, 5.74) is 0.0872. The van der Waals surface area contributed by atoms with Crippen molar-refractivity contribution < 1.29 is 17.9 Å². The van der Waals surface area contributed by atoms with Gasteiger partial charge in [0, 0.05) is 0 Å². The van der Waals surface area contributed by atoms with Gasteiger partial charge in [0.1, 0.15) is 10.6 Å². The molecule has 0 atom stereocenters. The minimum atomic E-state index is -4.13. The summed E-state index contributed by atoms with van der Waals surface area (Å²) in [5.74, 6) is -1.22. The molecule has 2 aromatic rings. The van der Waals surface area contributed by atoms with Gasteiger partial charge in [-0.3, -0.25) is 4.72 Å². The van der Waals surface area contributed by atoms with Gasteiger partial charge in [-0.15, -0.1) is 0 Å². The highest BCUT2D eigenvalue weighted by atomic mass is 35.5. The van der Waals surface area contributed by atoms with E-state index in [9.17, 15) is 17.9 Å². The van der Waals surface area contributed by atoms with Crippen LogP contribution in [-0.4, -0.2) is 13.5 Å². The molecule has 0 saturated carbocycles. The molecule has 2 aromatic carbocycles. The average Bonchev–Trinajstić information content (AvgIpc) is 2.39.